The Balaban J connectivity index is 1.73. The smallest absolute Gasteiger partial charge is 0.0948 e. The van der Waals surface area contributed by atoms with Crippen LogP contribution < -0.4 is 0 Å². The summed E-state index contributed by atoms with van der Waals surface area (Å²) in [7, 11) is 4.40. The number of piperazine rings is 1. The number of aryl methyl sites for hydroxylation is 1. The van der Waals surface area contributed by atoms with Gasteiger partial charge in [0.25, 0.3) is 0 Å². The van der Waals surface area contributed by atoms with Gasteiger partial charge in [0.05, 0.1) is 21.7 Å². The van der Waals surface area contributed by atoms with Gasteiger partial charge in [0, 0.05) is 32.1 Å². The van der Waals surface area contributed by atoms with Crippen molar-refractivity contribution in [3.05, 3.63) is 15.6 Å². The Labute approximate surface area is 119 Å². The van der Waals surface area contributed by atoms with Crippen LogP contribution in [0.3, 0.4) is 0 Å². The summed E-state index contributed by atoms with van der Waals surface area (Å²) in [5.74, 6) is 0. The molecule has 0 aromatic carbocycles. The summed E-state index contributed by atoms with van der Waals surface area (Å²) in [5, 5.41) is 11.2. The second-order valence-corrected chi connectivity index (χ2v) is 7.04. The van der Waals surface area contributed by atoms with E-state index in [-0.39, 0.29) is 6.10 Å². The third-order valence-electron chi connectivity index (χ3n) is 4.36. The number of fused-ring (bicyclic) bond motifs is 1. The summed E-state index contributed by atoms with van der Waals surface area (Å²) in [6.45, 7) is 3.40. The fraction of sp³-hybridized carbons (Fsp3) is 0.786. The highest BCUT2D eigenvalue weighted by Gasteiger charge is 2.26. The summed E-state index contributed by atoms with van der Waals surface area (Å²) in [6, 6.07) is 0.559. The van der Waals surface area contributed by atoms with Crippen LogP contribution in [0.1, 0.15) is 34.5 Å². The number of hydrogen-bond donors (Lipinski definition) is 1. The predicted molar refractivity (Wildman–Crippen MR) is 77.6 cm³/mol. The number of nitrogens with zero attached hydrogens (tertiary/aromatic N) is 3. The summed E-state index contributed by atoms with van der Waals surface area (Å²) in [4.78, 5) is 10.7. The first-order valence-corrected chi connectivity index (χ1v) is 8.00. The van der Waals surface area contributed by atoms with E-state index in [1.807, 2.05) is 0 Å². The van der Waals surface area contributed by atoms with E-state index in [9.17, 15) is 5.11 Å². The van der Waals surface area contributed by atoms with Gasteiger partial charge in [0.1, 0.15) is 0 Å². The maximum atomic E-state index is 10.0. The molecule has 2 unspecified atom stereocenters. The number of aromatic nitrogens is 1. The van der Waals surface area contributed by atoms with E-state index >= 15 is 0 Å². The molecule has 106 valence electrons. The van der Waals surface area contributed by atoms with Crippen molar-refractivity contribution in [2.45, 2.75) is 37.8 Å². The minimum absolute atomic E-state index is 0.262. The maximum absolute atomic E-state index is 10.0. The van der Waals surface area contributed by atoms with Crippen LogP contribution in [0, 0.1) is 0 Å². The van der Waals surface area contributed by atoms with Gasteiger partial charge < -0.3 is 14.9 Å². The Morgan fingerprint density at radius 2 is 2.21 bits per heavy atom. The van der Waals surface area contributed by atoms with Crippen LogP contribution in [0.4, 0.5) is 0 Å². The van der Waals surface area contributed by atoms with Crippen molar-refractivity contribution in [2.75, 3.05) is 33.7 Å². The van der Waals surface area contributed by atoms with Crippen LogP contribution in [-0.4, -0.2) is 59.7 Å². The third-order valence-corrected chi connectivity index (χ3v) is 5.58. The average Bonchev–Trinajstić information content (AvgIpc) is 2.78. The lowest BCUT2D eigenvalue weighted by atomic mass is 10.0. The van der Waals surface area contributed by atoms with E-state index in [1.165, 1.54) is 5.01 Å². The van der Waals surface area contributed by atoms with Crippen molar-refractivity contribution in [2.24, 2.45) is 0 Å². The minimum atomic E-state index is -0.262. The number of rotatable bonds is 2. The number of aliphatic hydroxyl groups is 1. The van der Waals surface area contributed by atoms with Crippen molar-refractivity contribution in [3.8, 4) is 0 Å². The number of aliphatic hydroxyl groups excluding tert-OH is 1. The van der Waals surface area contributed by atoms with Crippen LogP contribution in [-0.2, 0) is 12.8 Å². The minimum Gasteiger partial charge on any atom is -0.388 e. The molecule has 1 N–H and O–H groups in total. The molecule has 3 rings (SSSR count). The molecule has 4 nitrogen and oxygen atoms in total. The highest BCUT2D eigenvalue weighted by atomic mass is 32.1. The highest BCUT2D eigenvalue weighted by molar-refractivity contribution is 7.11. The lowest BCUT2D eigenvalue weighted by Gasteiger charge is -2.37. The van der Waals surface area contributed by atoms with E-state index in [4.69, 9.17) is 4.98 Å². The van der Waals surface area contributed by atoms with Crippen molar-refractivity contribution in [1.29, 1.82) is 0 Å². The molecule has 1 saturated heterocycles. The molecule has 5 heteroatoms. The largest absolute Gasteiger partial charge is 0.388 e. The molecule has 0 amide bonds. The van der Waals surface area contributed by atoms with Crippen molar-refractivity contribution in [1.82, 2.24) is 14.8 Å². The van der Waals surface area contributed by atoms with E-state index in [2.05, 4.69) is 23.9 Å². The molecule has 1 aromatic heterocycles. The standard InChI is InChI=1S/C14H23N3OS/c1-16-6-7-17(2)10(9-16)8-13-15-11-4-3-5-12(18)14(11)19-13/h10,12,18H,3-9H2,1-2H3. The SMILES string of the molecule is CN1CCN(C)C(Cc2nc3c(s2)C(O)CCC3)C1. The average molecular weight is 281 g/mol. The normalized spacial score (nSPS) is 29.4. The molecule has 2 heterocycles. The molecule has 1 fully saturated rings. The molecule has 0 radical (unpaired) electrons. The maximum Gasteiger partial charge on any atom is 0.0948 e. The number of likely N-dealkylation sites (N-methyl/N-ethyl adjacent to an activating group) is 2. The molecule has 19 heavy (non-hydrogen) atoms. The van der Waals surface area contributed by atoms with Gasteiger partial charge in [-0.3, -0.25) is 0 Å². The van der Waals surface area contributed by atoms with Crippen molar-refractivity contribution in [3.63, 3.8) is 0 Å². The van der Waals surface area contributed by atoms with Gasteiger partial charge in [0.2, 0.25) is 0 Å². The van der Waals surface area contributed by atoms with Crippen molar-refractivity contribution < 1.29 is 5.11 Å². The van der Waals surface area contributed by atoms with E-state index in [1.54, 1.807) is 11.3 Å². The molecule has 1 aliphatic carbocycles. The molecular weight excluding hydrogens is 258 g/mol. The number of hydrogen-bond acceptors (Lipinski definition) is 5. The first-order chi connectivity index (χ1) is 9.13. The zero-order valence-corrected chi connectivity index (χ0v) is 12.6. The second kappa shape index (κ2) is 5.48. The zero-order valence-electron chi connectivity index (χ0n) is 11.8. The van der Waals surface area contributed by atoms with Gasteiger partial charge in [0.15, 0.2) is 0 Å². The monoisotopic (exact) mass is 281 g/mol. The Kier molecular flexibility index (Phi) is 3.89. The fourth-order valence-corrected chi connectivity index (χ4v) is 4.26. The molecule has 0 spiro atoms. The van der Waals surface area contributed by atoms with Crippen LogP contribution in [0.15, 0.2) is 0 Å². The first-order valence-electron chi connectivity index (χ1n) is 7.19. The van der Waals surface area contributed by atoms with Crippen LogP contribution in [0.25, 0.3) is 0 Å². The molecular formula is C14H23N3OS. The molecule has 1 aromatic rings. The predicted octanol–water partition coefficient (Wildman–Crippen LogP) is 1.30. The van der Waals surface area contributed by atoms with Crippen LogP contribution in [0.5, 0.6) is 0 Å². The Hall–Kier alpha value is -0.490. The van der Waals surface area contributed by atoms with Crippen LogP contribution >= 0.6 is 11.3 Å². The molecule has 2 atom stereocenters. The van der Waals surface area contributed by atoms with Crippen molar-refractivity contribution >= 4 is 11.3 Å². The van der Waals surface area contributed by atoms with Gasteiger partial charge in [-0.15, -0.1) is 11.3 Å². The fourth-order valence-electron chi connectivity index (χ4n) is 3.06. The zero-order chi connectivity index (χ0) is 13.4. The molecule has 0 bridgehead atoms. The molecule has 0 saturated carbocycles. The highest BCUT2D eigenvalue weighted by Crippen LogP contribution is 2.34. The van der Waals surface area contributed by atoms with Gasteiger partial charge in [-0.05, 0) is 33.4 Å². The van der Waals surface area contributed by atoms with E-state index < -0.39 is 0 Å². The molecule has 1 aliphatic heterocycles. The van der Waals surface area contributed by atoms with Gasteiger partial charge in [-0.1, -0.05) is 0 Å². The lowest BCUT2D eigenvalue weighted by Crippen LogP contribution is -2.50. The summed E-state index contributed by atoms with van der Waals surface area (Å²) >= 11 is 1.73. The van der Waals surface area contributed by atoms with E-state index in [0.29, 0.717) is 6.04 Å². The lowest BCUT2D eigenvalue weighted by molar-refractivity contribution is 0.114. The quantitative estimate of drug-likeness (QED) is 0.887. The topological polar surface area (TPSA) is 39.6 Å². The summed E-state index contributed by atoms with van der Waals surface area (Å²) in [5.41, 5.74) is 1.16. The van der Waals surface area contributed by atoms with E-state index in [0.717, 1.165) is 55.9 Å². The third kappa shape index (κ3) is 2.84. The second-order valence-electron chi connectivity index (χ2n) is 5.93. The number of thiazole rings is 1. The van der Waals surface area contributed by atoms with Crippen LogP contribution in [0.2, 0.25) is 0 Å². The summed E-state index contributed by atoms with van der Waals surface area (Å²) in [6.07, 6.45) is 3.78. The Morgan fingerprint density at radius 3 is 3.00 bits per heavy atom. The molecule has 2 aliphatic rings. The Bertz CT molecular complexity index is 448. The first kappa shape index (κ1) is 13.5. The summed E-state index contributed by atoms with van der Waals surface area (Å²) < 4.78 is 0. The van der Waals surface area contributed by atoms with Gasteiger partial charge in [-0.2, -0.15) is 0 Å². The van der Waals surface area contributed by atoms with Gasteiger partial charge in [-0.25, -0.2) is 4.98 Å². The van der Waals surface area contributed by atoms with Gasteiger partial charge >= 0.3 is 0 Å². The Morgan fingerprint density at radius 1 is 1.37 bits per heavy atom.